The van der Waals surface area contributed by atoms with Gasteiger partial charge in [-0.15, -0.1) is 11.3 Å². The molecule has 2 aliphatic rings. The second-order valence-corrected chi connectivity index (χ2v) is 7.36. The molecule has 0 amide bonds. The van der Waals surface area contributed by atoms with E-state index in [0.717, 1.165) is 41.8 Å². The summed E-state index contributed by atoms with van der Waals surface area (Å²) in [7, 11) is 0. The van der Waals surface area contributed by atoms with Crippen LogP contribution >= 0.6 is 11.3 Å². The summed E-state index contributed by atoms with van der Waals surface area (Å²) in [6.45, 7) is 0. The molecule has 0 bridgehead atoms. The number of ether oxygens (including phenoxy) is 1. The predicted molar refractivity (Wildman–Crippen MR) is 86.2 cm³/mol. The van der Waals surface area contributed by atoms with Crippen LogP contribution in [0.4, 0.5) is 0 Å². The highest BCUT2D eigenvalue weighted by molar-refractivity contribution is 7.19. The van der Waals surface area contributed by atoms with Gasteiger partial charge in [0.2, 0.25) is 5.88 Å². The molecule has 114 valence electrons. The van der Waals surface area contributed by atoms with Crippen molar-refractivity contribution in [3.05, 3.63) is 16.8 Å². The van der Waals surface area contributed by atoms with Crippen LogP contribution in [0.15, 0.2) is 6.33 Å². The average Bonchev–Trinajstić information content (AvgIpc) is 3.09. The molecule has 0 saturated heterocycles. The number of nitriles is 1. The van der Waals surface area contributed by atoms with E-state index in [1.807, 2.05) is 0 Å². The maximum Gasteiger partial charge on any atom is 0.225 e. The van der Waals surface area contributed by atoms with Gasteiger partial charge in [-0.1, -0.05) is 6.42 Å². The molecule has 0 radical (unpaired) electrons. The first-order valence-electron chi connectivity index (χ1n) is 8.16. The van der Waals surface area contributed by atoms with Crippen LogP contribution in [0.25, 0.3) is 10.2 Å². The lowest BCUT2D eigenvalue weighted by Gasteiger charge is -2.23. The number of aromatic nitrogens is 2. The van der Waals surface area contributed by atoms with Crippen molar-refractivity contribution in [1.82, 2.24) is 9.97 Å². The summed E-state index contributed by atoms with van der Waals surface area (Å²) in [5.41, 5.74) is 1.30. The molecule has 0 N–H and O–H groups in total. The lowest BCUT2D eigenvalue weighted by molar-refractivity contribution is 0.150. The van der Waals surface area contributed by atoms with Crippen LogP contribution in [0.2, 0.25) is 0 Å². The van der Waals surface area contributed by atoms with E-state index in [2.05, 4.69) is 16.0 Å². The van der Waals surface area contributed by atoms with E-state index in [0.29, 0.717) is 18.4 Å². The van der Waals surface area contributed by atoms with E-state index >= 15 is 0 Å². The summed E-state index contributed by atoms with van der Waals surface area (Å²) in [4.78, 5) is 11.3. The second kappa shape index (κ2) is 5.85. The Hall–Kier alpha value is -1.67. The molecule has 5 heteroatoms. The largest absolute Gasteiger partial charge is 0.474 e. The van der Waals surface area contributed by atoms with Crippen molar-refractivity contribution in [2.75, 3.05) is 0 Å². The first kappa shape index (κ1) is 14.0. The third kappa shape index (κ3) is 2.36. The molecule has 1 atom stereocenters. The van der Waals surface area contributed by atoms with Crippen molar-refractivity contribution >= 4 is 21.6 Å². The molecule has 4 nitrogen and oxygen atoms in total. The zero-order valence-corrected chi connectivity index (χ0v) is 13.4. The third-order valence-electron chi connectivity index (χ3n) is 4.86. The van der Waals surface area contributed by atoms with Gasteiger partial charge in [0, 0.05) is 11.3 Å². The van der Waals surface area contributed by atoms with Gasteiger partial charge in [0.15, 0.2) is 0 Å². The Labute approximate surface area is 134 Å². The van der Waals surface area contributed by atoms with E-state index < -0.39 is 0 Å². The quantitative estimate of drug-likeness (QED) is 0.845. The van der Waals surface area contributed by atoms with Gasteiger partial charge < -0.3 is 4.74 Å². The predicted octanol–water partition coefficient (Wildman–Crippen LogP) is 4.35. The van der Waals surface area contributed by atoms with E-state index in [1.165, 1.54) is 29.7 Å². The molecule has 1 unspecified atom stereocenters. The zero-order chi connectivity index (χ0) is 14.9. The number of fused-ring (bicyclic) bond motifs is 3. The van der Waals surface area contributed by atoms with E-state index in [-0.39, 0.29) is 0 Å². The van der Waals surface area contributed by atoms with Crippen LogP contribution in [0.1, 0.15) is 61.3 Å². The van der Waals surface area contributed by atoms with Gasteiger partial charge in [0.05, 0.1) is 11.5 Å². The average molecular weight is 313 g/mol. The van der Waals surface area contributed by atoms with Gasteiger partial charge in [0.1, 0.15) is 17.3 Å². The van der Waals surface area contributed by atoms with Crippen molar-refractivity contribution in [2.24, 2.45) is 0 Å². The van der Waals surface area contributed by atoms with Crippen LogP contribution in [0.5, 0.6) is 5.88 Å². The summed E-state index contributed by atoms with van der Waals surface area (Å²) < 4.78 is 6.25. The maximum atomic E-state index is 9.08. The van der Waals surface area contributed by atoms with E-state index in [9.17, 15) is 0 Å². The van der Waals surface area contributed by atoms with Gasteiger partial charge in [-0.05, 0) is 50.0 Å². The topological polar surface area (TPSA) is 58.8 Å². The Kier molecular flexibility index (Phi) is 3.71. The molecular formula is C17H19N3OS. The molecule has 22 heavy (non-hydrogen) atoms. The van der Waals surface area contributed by atoms with Gasteiger partial charge in [-0.3, -0.25) is 0 Å². The lowest BCUT2D eigenvalue weighted by atomic mass is 9.97. The highest BCUT2D eigenvalue weighted by atomic mass is 32.1. The summed E-state index contributed by atoms with van der Waals surface area (Å²) in [6, 6.07) is 2.33. The molecule has 2 aliphatic carbocycles. The number of nitrogens with zero attached hydrogens (tertiary/aromatic N) is 3. The monoisotopic (exact) mass is 313 g/mol. The molecule has 1 fully saturated rings. The normalized spacial score (nSPS) is 21.7. The summed E-state index contributed by atoms with van der Waals surface area (Å²) in [6.07, 6.45) is 10.7. The summed E-state index contributed by atoms with van der Waals surface area (Å²) in [5.74, 6) is 1.08. The molecule has 4 rings (SSSR count). The van der Waals surface area contributed by atoms with Crippen LogP contribution < -0.4 is 4.74 Å². The SMILES string of the molecule is N#CCC1CCc2sc3ncnc(OC4CCCCC4)c3c21. The number of thiophene rings is 1. The van der Waals surface area contributed by atoms with E-state index in [4.69, 9.17) is 10.00 Å². The molecule has 1 saturated carbocycles. The highest BCUT2D eigenvalue weighted by Crippen LogP contribution is 2.47. The number of aryl methyl sites for hydroxylation is 1. The first-order valence-corrected chi connectivity index (χ1v) is 8.98. The fourth-order valence-corrected chi connectivity index (χ4v) is 5.02. The minimum Gasteiger partial charge on any atom is -0.474 e. The fourth-order valence-electron chi connectivity index (χ4n) is 3.78. The molecule has 0 aliphatic heterocycles. The second-order valence-electron chi connectivity index (χ2n) is 6.27. The fraction of sp³-hybridized carbons (Fsp3) is 0.588. The smallest absolute Gasteiger partial charge is 0.225 e. The van der Waals surface area contributed by atoms with Gasteiger partial charge in [0.25, 0.3) is 0 Å². The molecular weight excluding hydrogens is 294 g/mol. The first-order chi connectivity index (χ1) is 10.9. The third-order valence-corrected chi connectivity index (χ3v) is 6.04. The van der Waals surface area contributed by atoms with Crippen LogP contribution in [0.3, 0.4) is 0 Å². The van der Waals surface area contributed by atoms with Gasteiger partial charge in [-0.25, -0.2) is 9.97 Å². The Bertz CT molecular complexity index is 727. The number of hydrogen-bond acceptors (Lipinski definition) is 5. The van der Waals surface area contributed by atoms with Crippen molar-refractivity contribution < 1.29 is 4.74 Å². The molecule has 0 aromatic carbocycles. The lowest BCUT2D eigenvalue weighted by Crippen LogP contribution is -2.20. The van der Waals surface area contributed by atoms with Gasteiger partial charge >= 0.3 is 0 Å². The molecule has 2 aromatic rings. The Morgan fingerprint density at radius 2 is 2.09 bits per heavy atom. The molecule has 2 heterocycles. The summed E-state index contributed by atoms with van der Waals surface area (Å²) >= 11 is 1.75. The highest BCUT2D eigenvalue weighted by Gasteiger charge is 2.30. The van der Waals surface area contributed by atoms with Crippen molar-refractivity contribution in [3.63, 3.8) is 0 Å². The number of hydrogen-bond donors (Lipinski definition) is 0. The Balaban J connectivity index is 1.74. The van der Waals surface area contributed by atoms with Crippen molar-refractivity contribution in [2.45, 2.75) is 63.4 Å². The Morgan fingerprint density at radius 1 is 1.23 bits per heavy atom. The van der Waals surface area contributed by atoms with Crippen LogP contribution in [-0.4, -0.2) is 16.1 Å². The standard InChI is InChI=1S/C17H19N3OS/c18-9-8-11-6-7-13-14(11)15-16(19-10-20-17(15)22-13)21-12-4-2-1-3-5-12/h10-12H,1-8H2. The van der Waals surface area contributed by atoms with Crippen LogP contribution in [-0.2, 0) is 6.42 Å². The maximum absolute atomic E-state index is 9.08. The van der Waals surface area contributed by atoms with Gasteiger partial charge in [-0.2, -0.15) is 5.26 Å². The Morgan fingerprint density at radius 3 is 2.91 bits per heavy atom. The van der Waals surface area contributed by atoms with Crippen LogP contribution in [0, 0.1) is 11.3 Å². The molecule has 0 spiro atoms. The summed E-state index contributed by atoms with van der Waals surface area (Å²) in [5, 5.41) is 10.2. The zero-order valence-electron chi connectivity index (χ0n) is 12.5. The minimum atomic E-state index is 0.290. The van der Waals surface area contributed by atoms with Crippen molar-refractivity contribution in [1.29, 1.82) is 5.26 Å². The van der Waals surface area contributed by atoms with E-state index in [1.54, 1.807) is 17.7 Å². The minimum absolute atomic E-state index is 0.290. The number of rotatable bonds is 3. The van der Waals surface area contributed by atoms with Crippen molar-refractivity contribution in [3.8, 4) is 11.9 Å². The molecule has 2 aromatic heterocycles.